The quantitative estimate of drug-likeness (QED) is 0.773. The summed E-state index contributed by atoms with van der Waals surface area (Å²) in [5, 5.41) is 0. The van der Waals surface area contributed by atoms with Crippen molar-refractivity contribution < 1.29 is 8.78 Å². The Morgan fingerprint density at radius 3 is 2.79 bits per heavy atom. The van der Waals surface area contributed by atoms with Crippen LogP contribution >= 0.6 is 11.6 Å². The molecule has 0 amide bonds. The molecule has 0 aliphatic heterocycles. The molecule has 102 valence electrons. The van der Waals surface area contributed by atoms with Gasteiger partial charge < -0.3 is 4.57 Å². The zero-order valence-corrected chi connectivity index (χ0v) is 11.4. The molecule has 1 aromatic heterocycles. The number of rotatable bonds is 4. The maximum Gasteiger partial charge on any atom is 0.184 e. The first-order valence-electron chi connectivity index (χ1n) is 6.51. The number of benzene rings is 1. The summed E-state index contributed by atoms with van der Waals surface area (Å²) in [6.07, 6.45) is 2.45. The third-order valence-electron chi connectivity index (χ3n) is 3.90. The molecule has 1 fully saturated rings. The summed E-state index contributed by atoms with van der Waals surface area (Å²) in [6.45, 7) is 2.78. The van der Waals surface area contributed by atoms with Crippen LogP contribution in [0.3, 0.4) is 0 Å². The fourth-order valence-electron chi connectivity index (χ4n) is 2.61. The Kier molecular flexibility index (Phi) is 3.21. The van der Waals surface area contributed by atoms with E-state index in [1.165, 1.54) is 18.9 Å². The number of halogens is 3. The van der Waals surface area contributed by atoms with Gasteiger partial charge in [0, 0.05) is 6.54 Å². The van der Waals surface area contributed by atoms with Crippen LogP contribution in [0.4, 0.5) is 8.78 Å². The SMILES string of the molecule is CC(Cn1c(CCl)nc2ccc(F)c(F)c21)C1CC1. The highest BCUT2D eigenvalue weighted by atomic mass is 35.5. The summed E-state index contributed by atoms with van der Waals surface area (Å²) in [5.74, 6) is 0.263. The van der Waals surface area contributed by atoms with Crippen LogP contribution in [0.15, 0.2) is 12.1 Å². The maximum atomic E-state index is 14.0. The largest absolute Gasteiger partial charge is 0.324 e. The van der Waals surface area contributed by atoms with Gasteiger partial charge in [0.1, 0.15) is 11.3 Å². The van der Waals surface area contributed by atoms with E-state index in [1.54, 1.807) is 4.57 Å². The van der Waals surface area contributed by atoms with Gasteiger partial charge in [0.15, 0.2) is 11.6 Å². The minimum Gasteiger partial charge on any atom is -0.324 e. The van der Waals surface area contributed by atoms with Crippen LogP contribution in [-0.2, 0) is 12.4 Å². The molecule has 1 heterocycles. The molecule has 1 aromatic carbocycles. The Bertz CT molecular complexity index is 619. The number of alkyl halides is 1. The van der Waals surface area contributed by atoms with E-state index in [4.69, 9.17) is 11.6 Å². The number of hydrogen-bond acceptors (Lipinski definition) is 1. The number of aromatic nitrogens is 2. The van der Waals surface area contributed by atoms with Crippen LogP contribution in [-0.4, -0.2) is 9.55 Å². The molecule has 0 radical (unpaired) electrons. The molecule has 2 aromatic rings. The maximum absolute atomic E-state index is 14.0. The second-order valence-corrected chi connectivity index (χ2v) is 5.58. The Hall–Kier alpha value is -1.16. The molecule has 0 saturated heterocycles. The minimum absolute atomic E-state index is 0.202. The van der Waals surface area contributed by atoms with Gasteiger partial charge in [-0.3, -0.25) is 0 Å². The Morgan fingerprint density at radius 1 is 1.42 bits per heavy atom. The molecule has 19 heavy (non-hydrogen) atoms. The zero-order chi connectivity index (χ0) is 13.6. The molecule has 0 spiro atoms. The van der Waals surface area contributed by atoms with Crippen molar-refractivity contribution in [1.82, 2.24) is 9.55 Å². The molecular weight excluding hydrogens is 270 g/mol. The van der Waals surface area contributed by atoms with Crippen LogP contribution in [0.5, 0.6) is 0 Å². The second kappa shape index (κ2) is 4.75. The van der Waals surface area contributed by atoms with E-state index >= 15 is 0 Å². The van der Waals surface area contributed by atoms with Crippen molar-refractivity contribution in [3.8, 4) is 0 Å². The molecule has 1 unspecified atom stereocenters. The number of fused-ring (bicyclic) bond motifs is 1. The van der Waals surface area contributed by atoms with E-state index in [-0.39, 0.29) is 11.4 Å². The molecular formula is C14H15ClF2N2. The highest BCUT2D eigenvalue weighted by Gasteiger charge is 2.29. The standard InChI is InChI=1S/C14H15ClF2N2/c1-8(9-2-3-9)7-19-12(6-15)18-11-5-4-10(16)13(17)14(11)19/h4-5,8-9H,2-3,6-7H2,1H3. The first kappa shape index (κ1) is 12.9. The van der Waals surface area contributed by atoms with Crippen molar-refractivity contribution >= 4 is 22.6 Å². The average Bonchev–Trinajstić information content (AvgIpc) is 3.18. The van der Waals surface area contributed by atoms with Gasteiger partial charge in [-0.2, -0.15) is 0 Å². The minimum atomic E-state index is -0.839. The number of hydrogen-bond donors (Lipinski definition) is 0. The van der Waals surface area contributed by atoms with Crippen molar-refractivity contribution in [2.24, 2.45) is 11.8 Å². The lowest BCUT2D eigenvalue weighted by Crippen LogP contribution is -2.12. The van der Waals surface area contributed by atoms with Gasteiger partial charge in [-0.1, -0.05) is 6.92 Å². The summed E-state index contributed by atoms with van der Waals surface area (Å²) in [5.41, 5.74) is 0.709. The zero-order valence-electron chi connectivity index (χ0n) is 10.7. The van der Waals surface area contributed by atoms with E-state index in [2.05, 4.69) is 11.9 Å². The van der Waals surface area contributed by atoms with Gasteiger partial charge in [0.25, 0.3) is 0 Å². The number of imidazole rings is 1. The van der Waals surface area contributed by atoms with Crippen LogP contribution in [0.1, 0.15) is 25.6 Å². The fraction of sp³-hybridized carbons (Fsp3) is 0.500. The van der Waals surface area contributed by atoms with Crippen molar-refractivity contribution in [1.29, 1.82) is 0 Å². The van der Waals surface area contributed by atoms with Crippen LogP contribution in [0, 0.1) is 23.5 Å². The normalized spacial score (nSPS) is 17.1. The van der Waals surface area contributed by atoms with Crippen molar-refractivity contribution in [3.05, 3.63) is 29.6 Å². The third-order valence-corrected chi connectivity index (χ3v) is 4.13. The summed E-state index contributed by atoms with van der Waals surface area (Å²) < 4.78 is 29.1. The van der Waals surface area contributed by atoms with Gasteiger partial charge in [0.2, 0.25) is 0 Å². The Balaban J connectivity index is 2.10. The number of nitrogens with zero attached hydrogens (tertiary/aromatic N) is 2. The molecule has 0 N–H and O–H groups in total. The molecule has 1 atom stereocenters. The van der Waals surface area contributed by atoms with Crippen molar-refractivity contribution in [3.63, 3.8) is 0 Å². The first-order chi connectivity index (χ1) is 9.11. The van der Waals surface area contributed by atoms with Gasteiger partial charge >= 0.3 is 0 Å². The third kappa shape index (κ3) is 2.22. The summed E-state index contributed by atoms with van der Waals surface area (Å²) in [6, 6.07) is 2.61. The second-order valence-electron chi connectivity index (χ2n) is 5.32. The summed E-state index contributed by atoms with van der Waals surface area (Å²) in [7, 11) is 0. The molecule has 5 heteroatoms. The summed E-state index contributed by atoms with van der Waals surface area (Å²) >= 11 is 5.87. The highest BCUT2D eigenvalue weighted by Crippen LogP contribution is 2.38. The molecule has 0 bridgehead atoms. The van der Waals surface area contributed by atoms with Crippen LogP contribution < -0.4 is 0 Å². The fourth-order valence-corrected chi connectivity index (χ4v) is 2.81. The van der Waals surface area contributed by atoms with Gasteiger partial charge in [0.05, 0.1) is 11.4 Å². The van der Waals surface area contributed by atoms with Crippen molar-refractivity contribution in [2.75, 3.05) is 0 Å². The molecule has 3 rings (SSSR count). The van der Waals surface area contributed by atoms with Crippen molar-refractivity contribution in [2.45, 2.75) is 32.2 Å². The monoisotopic (exact) mass is 284 g/mol. The molecule has 1 saturated carbocycles. The highest BCUT2D eigenvalue weighted by molar-refractivity contribution is 6.16. The van der Waals surface area contributed by atoms with E-state index in [1.807, 2.05) is 0 Å². The molecule has 1 aliphatic carbocycles. The van der Waals surface area contributed by atoms with Crippen LogP contribution in [0.25, 0.3) is 11.0 Å². The lowest BCUT2D eigenvalue weighted by atomic mass is 10.1. The van der Waals surface area contributed by atoms with Gasteiger partial charge in [-0.25, -0.2) is 13.8 Å². The van der Waals surface area contributed by atoms with E-state index in [9.17, 15) is 8.78 Å². The Morgan fingerprint density at radius 2 is 2.16 bits per heavy atom. The topological polar surface area (TPSA) is 17.8 Å². The van der Waals surface area contributed by atoms with E-state index in [0.717, 1.165) is 6.07 Å². The molecule has 1 aliphatic rings. The van der Waals surface area contributed by atoms with Gasteiger partial charge in [-0.05, 0) is 36.8 Å². The predicted octanol–water partition coefficient (Wildman–Crippen LogP) is 4.10. The lowest BCUT2D eigenvalue weighted by molar-refractivity contribution is 0.426. The average molecular weight is 285 g/mol. The first-order valence-corrected chi connectivity index (χ1v) is 7.04. The smallest absolute Gasteiger partial charge is 0.184 e. The summed E-state index contributed by atoms with van der Waals surface area (Å²) in [4.78, 5) is 4.29. The Labute approximate surface area is 115 Å². The van der Waals surface area contributed by atoms with E-state index in [0.29, 0.717) is 29.7 Å². The van der Waals surface area contributed by atoms with Gasteiger partial charge in [-0.15, -0.1) is 11.6 Å². The van der Waals surface area contributed by atoms with Crippen LogP contribution in [0.2, 0.25) is 0 Å². The predicted molar refractivity (Wildman–Crippen MR) is 71.1 cm³/mol. The molecule has 2 nitrogen and oxygen atoms in total. The van der Waals surface area contributed by atoms with E-state index < -0.39 is 11.6 Å². The lowest BCUT2D eigenvalue weighted by Gasteiger charge is -2.14.